The van der Waals surface area contributed by atoms with Gasteiger partial charge < -0.3 is 15.2 Å². The molecule has 2 atom stereocenters. The Morgan fingerprint density at radius 3 is 3.12 bits per heavy atom. The van der Waals surface area contributed by atoms with Gasteiger partial charge in [-0.1, -0.05) is 24.3 Å². The number of aliphatic hydroxyl groups excluding tert-OH is 1. The zero-order valence-corrected chi connectivity index (χ0v) is 10.4. The van der Waals surface area contributed by atoms with Crippen LogP contribution in [0.3, 0.4) is 0 Å². The Morgan fingerprint density at radius 2 is 2.29 bits per heavy atom. The van der Waals surface area contributed by atoms with E-state index in [0.29, 0.717) is 6.04 Å². The highest BCUT2D eigenvalue weighted by atomic mass is 16.5. The smallest absolute Gasteiger partial charge is 0.0721 e. The van der Waals surface area contributed by atoms with Crippen molar-refractivity contribution in [2.24, 2.45) is 0 Å². The van der Waals surface area contributed by atoms with Gasteiger partial charge in [0, 0.05) is 12.6 Å². The van der Waals surface area contributed by atoms with E-state index in [0.717, 1.165) is 26.1 Å². The number of benzene rings is 1. The standard InChI is InChI=1S/C14H21NO2/c1-11(5-4-8-16)15-14-10-17-9-12-6-2-3-7-13(12)14/h2-3,6-7,11,14-16H,4-5,8-10H2,1H3. The second kappa shape index (κ2) is 6.15. The summed E-state index contributed by atoms with van der Waals surface area (Å²) in [5.41, 5.74) is 2.64. The second-order valence-corrected chi connectivity index (χ2v) is 4.70. The molecule has 17 heavy (non-hydrogen) atoms. The summed E-state index contributed by atoms with van der Waals surface area (Å²) in [6, 6.07) is 9.13. The zero-order valence-electron chi connectivity index (χ0n) is 10.4. The number of ether oxygens (including phenoxy) is 1. The van der Waals surface area contributed by atoms with Gasteiger partial charge in [-0.2, -0.15) is 0 Å². The van der Waals surface area contributed by atoms with E-state index in [1.54, 1.807) is 0 Å². The minimum atomic E-state index is 0.268. The molecule has 1 aromatic rings. The first-order valence-electron chi connectivity index (χ1n) is 6.33. The van der Waals surface area contributed by atoms with Gasteiger partial charge in [-0.15, -0.1) is 0 Å². The lowest BCUT2D eigenvalue weighted by atomic mass is 9.98. The molecule has 94 valence electrons. The van der Waals surface area contributed by atoms with Gasteiger partial charge >= 0.3 is 0 Å². The fourth-order valence-corrected chi connectivity index (χ4v) is 2.34. The molecule has 0 spiro atoms. The van der Waals surface area contributed by atoms with E-state index >= 15 is 0 Å². The van der Waals surface area contributed by atoms with Gasteiger partial charge in [0.25, 0.3) is 0 Å². The number of nitrogens with one attached hydrogen (secondary N) is 1. The van der Waals surface area contributed by atoms with Crippen LogP contribution in [0.4, 0.5) is 0 Å². The van der Waals surface area contributed by atoms with Crippen molar-refractivity contribution < 1.29 is 9.84 Å². The topological polar surface area (TPSA) is 41.5 Å². The molecule has 2 unspecified atom stereocenters. The molecule has 0 saturated carbocycles. The maximum Gasteiger partial charge on any atom is 0.0721 e. The van der Waals surface area contributed by atoms with Crippen LogP contribution in [0.5, 0.6) is 0 Å². The van der Waals surface area contributed by atoms with Gasteiger partial charge in [0.15, 0.2) is 0 Å². The Balaban J connectivity index is 1.98. The molecule has 1 heterocycles. The van der Waals surface area contributed by atoms with Gasteiger partial charge in [0.2, 0.25) is 0 Å². The molecule has 0 aromatic heterocycles. The molecular weight excluding hydrogens is 214 g/mol. The molecule has 0 fully saturated rings. The van der Waals surface area contributed by atoms with Crippen LogP contribution in [0.2, 0.25) is 0 Å². The van der Waals surface area contributed by atoms with Crippen LogP contribution < -0.4 is 5.32 Å². The van der Waals surface area contributed by atoms with Crippen LogP contribution in [-0.4, -0.2) is 24.4 Å². The van der Waals surface area contributed by atoms with Gasteiger partial charge in [0.1, 0.15) is 0 Å². The molecule has 0 saturated heterocycles. The van der Waals surface area contributed by atoms with Crippen molar-refractivity contribution >= 4 is 0 Å². The Labute approximate surface area is 103 Å². The average Bonchev–Trinajstić information content (AvgIpc) is 2.37. The van der Waals surface area contributed by atoms with Crippen molar-refractivity contribution in [3.8, 4) is 0 Å². The van der Waals surface area contributed by atoms with E-state index in [1.807, 2.05) is 0 Å². The van der Waals surface area contributed by atoms with Crippen molar-refractivity contribution in [2.75, 3.05) is 13.2 Å². The molecule has 1 aromatic carbocycles. The van der Waals surface area contributed by atoms with Crippen LogP contribution in [-0.2, 0) is 11.3 Å². The van der Waals surface area contributed by atoms with Gasteiger partial charge in [-0.25, -0.2) is 0 Å². The molecule has 0 radical (unpaired) electrons. The number of hydrogen-bond donors (Lipinski definition) is 2. The Hall–Kier alpha value is -0.900. The van der Waals surface area contributed by atoms with Crippen LogP contribution in [0.1, 0.15) is 36.9 Å². The summed E-state index contributed by atoms with van der Waals surface area (Å²) >= 11 is 0. The van der Waals surface area contributed by atoms with Crippen LogP contribution >= 0.6 is 0 Å². The van der Waals surface area contributed by atoms with Crippen molar-refractivity contribution in [3.63, 3.8) is 0 Å². The third-order valence-corrected chi connectivity index (χ3v) is 3.25. The summed E-state index contributed by atoms with van der Waals surface area (Å²) in [6.07, 6.45) is 1.85. The number of aliphatic hydroxyl groups is 1. The average molecular weight is 235 g/mol. The van der Waals surface area contributed by atoms with Crippen molar-refractivity contribution in [1.29, 1.82) is 0 Å². The lowest BCUT2D eigenvalue weighted by molar-refractivity contribution is 0.0784. The van der Waals surface area contributed by atoms with E-state index in [2.05, 4.69) is 36.5 Å². The van der Waals surface area contributed by atoms with Crippen molar-refractivity contribution in [2.45, 2.75) is 38.5 Å². The molecule has 2 N–H and O–H groups in total. The summed E-state index contributed by atoms with van der Waals surface area (Å²) < 4.78 is 5.60. The maximum atomic E-state index is 8.83. The molecule has 0 aliphatic carbocycles. The largest absolute Gasteiger partial charge is 0.396 e. The second-order valence-electron chi connectivity index (χ2n) is 4.70. The first-order valence-corrected chi connectivity index (χ1v) is 6.33. The Kier molecular flexibility index (Phi) is 4.54. The number of rotatable bonds is 5. The minimum absolute atomic E-state index is 0.268. The minimum Gasteiger partial charge on any atom is -0.396 e. The molecule has 1 aliphatic heterocycles. The fraction of sp³-hybridized carbons (Fsp3) is 0.571. The molecule has 0 amide bonds. The first-order chi connectivity index (χ1) is 8.31. The number of hydrogen-bond acceptors (Lipinski definition) is 3. The maximum absolute atomic E-state index is 8.83. The van der Waals surface area contributed by atoms with Crippen LogP contribution in [0.15, 0.2) is 24.3 Å². The summed E-state index contributed by atoms with van der Waals surface area (Å²) in [6.45, 7) is 3.89. The van der Waals surface area contributed by atoms with Crippen LogP contribution in [0, 0.1) is 0 Å². The van der Waals surface area contributed by atoms with Gasteiger partial charge in [-0.05, 0) is 30.9 Å². The van der Waals surface area contributed by atoms with Crippen molar-refractivity contribution in [1.82, 2.24) is 5.32 Å². The predicted octanol–water partition coefficient (Wildman–Crippen LogP) is 2.01. The highest BCUT2D eigenvalue weighted by Gasteiger charge is 2.21. The van der Waals surface area contributed by atoms with E-state index in [9.17, 15) is 0 Å². The zero-order chi connectivity index (χ0) is 12.1. The first kappa shape index (κ1) is 12.6. The SMILES string of the molecule is CC(CCCO)NC1COCc2ccccc21. The Bertz CT molecular complexity index is 354. The van der Waals surface area contributed by atoms with E-state index in [1.165, 1.54) is 11.1 Å². The normalized spacial score (nSPS) is 20.9. The summed E-state index contributed by atoms with van der Waals surface area (Å²) in [7, 11) is 0. The highest BCUT2D eigenvalue weighted by Crippen LogP contribution is 2.25. The van der Waals surface area contributed by atoms with Crippen molar-refractivity contribution in [3.05, 3.63) is 35.4 Å². The monoisotopic (exact) mass is 235 g/mol. The lowest BCUT2D eigenvalue weighted by Crippen LogP contribution is -2.35. The predicted molar refractivity (Wildman–Crippen MR) is 67.8 cm³/mol. The number of fused-ring (bicyclic) bond motifs is 1. The molecule has 3 nitrogen and oxygen atoms in total. The third-order valence-electron chi connectivity index (χ3n) is 3.25. The quantitative estimate of drug-likeness (QED) is 0.820. The van der Waals surface area contributed by atoms with Gasteiger partial charge in [0.05, 0.1) is 19.3 Å². The van der Waals surface area contributed by atoms with E-state index < -0.39 is 0 Å². The Morgan fingerprint density at radius 1 is 1.47 bits per heavy atom. The summed E-state index contributed by atoms with van der Waals surface area (Å²) in [4.78, 5) is 0. The third kappa shape index (κ3) is 3.28. The molecular formula is C14H21NO2. The van der Waals surface area contributed by atoms with Crippen LogP contribution in [0.25, 0.3) is 0 Å². The lowest BCUT2D eigenvalue weighted by Gasteiger charge is -2.29. The summed E-state index contributed by atoms with van der Waals surface area (Å²) in [5, 5.41) is 12.4. The van der Waals surface area contributed by atoms with Gasteiger partial charge in [-0.3, -0.25) is 0 Å². The molecule has 3 heteroatoms. The van der Waals surface area contributed by atoms with E-state index in [4.69, 9.17) is 9.84 Å². The fourth-order valence-electron chi connectivity index (χ4n) is 2.34. The van der Waals surface area contributed by atoms with E-state index in [-0.39, 0.29) is 12.6 Å². The molecule has 0 bridgehead atoms. The highest BCUT2D eigenvalue weighted by molar-refractivity contribution is 5.31. The summed E-state index contributed by atoms with van der Waals surface area (Å²) in [5.74, 6) is 0. The molecule has 2 rings (SSSR count). The molecule has 1 aliphatic rings.